The number of aliphatic hydroxyl groups excluding tert-OH is 1. The lowest BCUT2D eigenvalue weighted by atomic mass is 9.92. The van der Waals surface area contributed by atoms with Crippen molar-refractivity contribution in [2.24, 2.45) is 5.73 Å². The predicted molar refractivity (Wildman–Crippen MR) is 68.3 cm³/mol. The van der Waals surface area contributed by atoms with Gasteiger partial charge in [-0.15, -0.1) is 0 Å². The minimum atomic E-state index is -0.0870. The Hall–Kier alpha value is -1.06. The van der Waals surface area contributed by atoms with Crippen molar-refractivity contribution in [1.82, 2.24) is 0 Å². The number of nitrogens with two attached hydrogens (primary N) is 1. The molecule has 0 heterocycles. The fourth-order valence-electron chi connectivity index (χ4n) is 2.25. The Bertz CT molecular complexity index is 365. The molecule has 0 radical (unpaired) electrons. The lowest BCUT2D eigenvalue weighted by Crippen LogP contribution is -2.28. The zero-order chi connectivity index (χ0) is 12.1. The maximum Gasteiger partial charge on any atom is 0.119 e. The number of hydrogen-bond donors (Lipinski definition) is 2. The van der Waals surface area contributed by atoms with Gasteiger partial charge in [0, 0.05) is 12.6 Å². The molecule has 1 aliphatic rings. The summed E-state index contributed by atoms with van der Waals surface area (Å²) in [5.41, 5.74) is 8.67. The van der Waals surface area contributed by atoms with Gasteiger partial charge in [0.25, 0.3) is 0 Å². The van der Waals surface area contributed by atoms with Crippen molar-refractivity contribution in [2.75, 3.05) is 13.2 Å². The fourth-order valence-corrected chi connectivity index (χ4v) is 2.25. The summed E-state index contributed by atoms with van der Waals surface area (Å²) in [4.78, 5) is 0. The molecule has 0 spiro atoms. The molecule has 1 atom stereocenters. The van der Waals surface area contributed by atoms with Crippen LogP contribution >= 0.6 is 0 Å². The van der Waals surface area contributed by atoms with E-state index in [1.165, 1.54) is 30.4 Å². The van der Waals surface area contributed by atoms with Crippen molar-refractivity contribution in [1.29, 1.82) is 0 Å². The average molecular weight is 235 g/mol. The van der Waals surface area contributed by atoms with E-state index in [1.807, 2.05) is 6.07 Å². The molecule has 1 aliphatic carbocycles. The van der Waals surface area contributed by atoms with E-state index in [-0.39, 0.29) is 12.6 Å². The van der Waals surface area contributed by atoms with Crippen LogP contribution < -0.4 is 10.5 Å². The minimum absolute atomic E-state index is 0.0870. The van der Waals surface area contributed by atoms with Crippen LogP contribution in [0.2, 0.25) is 0 Å². The predicted octanol–water partition coefficient (Wildman–Crippen LogP) is 1.65. The molecule has 1 unspecified atom stereocenters. The van der Waals surface area contributed by atoms with Crippen LogP contribution in [0.25, 0.3) is 0 Å². The molecule has 2 rings (SSSR count). The summed E-state index contributed by atoms with van der Waals surface area (Å²) in [6, 6.07) is 6.24. The van der Waals surface area contributed by atoms with Crippen molar-refractivity contribution in [3.63, 3.8) is 0 Å². The molecule has 0 saturated carbocycles. The van der Waals surface area contributed by atoms with Crippen LogP contribution in [-0.2, 0) is 12.8 Å². The summed E-state index contributed by atoms with van der Waals surface area (Å²) in [5.74, 6) is 0.902. The quantitative estimate of drug-likeness (QED) is 0.816. The van der Waals surface area contributed by atoms with Gasteiger partial charge in [-0.1, -0.05) is 6.07 Å². The monoisotopic (exact) mass is 235 g/mol. The third-order valence-corrected chi connectivity index (χ3v) is 3.28. The van der Waals surface area contributed by atoms with Gasteiger partial charge in [0.1, 0.15) is 12.4 Å². The smallest absolute Gasteiger partial charge is 0.119 e. The van der Waals surface area contributed by atoms with E-state index in [0.29, 0.717) is 13.0 Å². The van der Waals surface area contributed by atoms with Gasteiger partial charge in [-0.3, -0.25) is 0 Å². The third-order valence-electron chi connectivity index (χ3n) is 3.28. The Balaban J connectivity index is 1.93. The molecule has 0 amide bonds. The van der Waals surface area contributed by atoms with Crippen molar-refractivity contribution >= 4 is 0 Å². The number of benzene rings is 1. The lowest BCUT2D eigenvalue weighted by Gasteiger charge is -2.17. The Morgan fingerprint density at radius 2 is 2.00 bits per heavy atom. The molecule has 1 aromatic rings. The van der Waals surface area contributed by atoms with E-state index in [2.05, 4.69) is 12.1 Å². The van der Waals surface area contributed by atoms with Gasteiger partial charge in [0.05, 0.1) is 0 Å². The SMILES string of the molecule is NC(CCO)COc1ccc2c(c1)CCCC2. The summed E-state index contributed by atoms with van der Waals surface area (Å²) in [6.45, 7) is 0.591. The molecular formula is C14H21NO2. The second-order valence-electron chi connectivity index (χ2n) is 4.72. The van der Waals surface area contributed by atoms with E-state index < -0.39 is 0 Å². The fraction of sp³-hybridized carbons (Fsp3) is 0.571. The zero-order valence-corrected chi connectivity index (χ0v) is 10.2. The minimum Gasteiger partial charge on any atom is -0.492 e. The standard InChI is InChI=1S/C14H21NO2/c15-13(7-8-16)10-17-14-6-5-11-3-1-2-4-12(11)9-14/h5-6,9,13,16H,1-4,7-8,10,15H2. The van der Waals surface area contributed by atoms with E-state index in [1.54, 1.807) is 0 Å². The first-order valence-corrected chi connectivity index (χ1v) is 6.40. The molecule has 3 heteroatoms. The molecule has 0 aromatic heterocycles. The summed E-state index contributed by atoms with van der Waals surface area (Å²) >= 11 is 0. The van der Waals surface area contributed by atoms with Gasteiger partial charge in [-0.2, -0.15) is 0 Å². The zero-order valence-electron chi connectivity index (χ0n) is 10.2. The van der Waals surface area contributed by atoms with Crippen molar-refractivity contribution in [2.45, 2.75) is 38.1 Å². The van der Waals surface area contributed by atoms with E-state index in [4.69, 9.17) is 15.6 Å². The van der Waals surface area contributed by atoms with Crippen LogP contribution in [0.5, 0.6) is 5.75 Å². The number of rotatable bonds is 5. The Kier molecular flexibility index (Phi) is 4.40. The van der Waals surface area contributed by atoms with Gasteiger partial charge < -0.3 is 15.6 Å². The topological polar surface area (TPSA) is 55.5 Å². The van der Waals surface area contributed by atoms with Crippen molar-refractivity contribution in [3.8, 4) is 5.75 Å². The average Bonchev–Trinajstić information content (AvgIpc) is 2.36. The highest BCUT2D eigenvalue weighted by Gasteiger charge is 2.10. The lowest BCUT2D eigenvalue weighted by molar-refractivity contribution is 0.233. The van der Waals surface area contributed by atoms with E-state index in [9.17, 15) is 0 Å². The summed E-state index contributed by atoms with van der Waals surface area (Å²) in [7, 11) is 0. The normalized spacial score (nSPS) is 16.4. The number of ether oxygens (including phenoxy) is 1. The van der Waals surface area contributed by atoms with Crippen LogP contribution in [0.15, 0.2) is 18.2 Å². The number of hydrogen-bond acceptors (Lipinski definition) is 3. The van der Waals surface area contributed by atoms with Gasteiger partial charge in [-0.25, -0.2) is 0 Å². The number of aryl methyl sites for hydroxylation is 2. The Morgan fingerprint density at radius 1 is 1.24 bits per heavy atom. The first-order valence-electron chi connectivity index (χ1n) is 6.40. The number of aliphatic hydroxyl groups is 1. The molecule has 17 heavy (non-hydrogen) atoms. The maximum atomic E-state index is 8.76. The Morgan fingerprint density at radius 3 is 2.76 bits per heavy atom. The van der Waals surface area contributed by atoms with Gasteiger partial charge in [-0.05, 0) is 55.4 Å². The summed E-state index contributed by atoms with van der Waals surface area (Å²) in [6.07, 6.45) is 5.52. The highest BCUT2D eigenvalue weighted by molar-refractivity contribution is 5.37. The molecule has 0 fully saturated rings. The molecular weight excluding hydrogens is 214 g/mol. The van der Waals surface area contributed by atoms with Crippen molar-refractivity contribution < 1.29 is 9.84 Å². The molecule has 1 aromatic carbocycles. The van der Waals surface area contributed by atoms with Crippen LogP contribution in [0, 0.1) is 0 Å². The molecule has 0 bridgehead atoms. The van der Waals surface area contributed by atoms with Gasteiger partial charge in [0.2, 0.25) is 0 Å². The van der Waals surface area contributed by atoms with Crippen molar-refractivity contribution in [3.05, 3.63) is 29.3 Å². The van der Waals surface area contributed by atoms with Gasteiger partial charge in [0.15, 0.2) is 0 Å². The van der Waals surface area contributed by atoms with Crippen LogP contribution in [0.4, 0.5) is 0 Å². The molecule has 0 saturated heterocycles. The summed E-state index contributed by atoms with van der Waals surface area (Å²) in [5, 5.41) is 8.76. The number of fused-ring (bicyclic) bond motifs is 1. The Labute approximate surface area is 103 Å². The molecule has 0 aliphatic heterocycles. The first kappa shape index (κ1) is 12.4. The van der Waals surface area contributed by atoms with E-state index >= 15 is 0 Å². The molecule has 3 nitrogen and oxygen atoms in total. The van der Waals surface area contributed by atoms with Crippen LogP contribution in [-0.4, -0.2) is 24.4 Å². The second-order valence-corrected chi connectivity index (χ2v) is 4.72. The maximum absolute atomic E-state index is 8.76. The van der Waals surface area contributed by atoms with Gasteiger partial charge >= 0.3 is 0 Å². The van der Waals surface area contributed by atoms with E-state index in [0.717, 1.165) is 12.2 Å². The molecule has 94 valence electrons. The highest BCUT2D eigenvalue weighted by atomic mass is 16.5. The third kappa shape index (κ3) is 3.45. The second kappa shape index (κ2) is 6.03. The highest BCUT2D eigenvalue weighted by Crippen LogP contribution is 2.25. The summed E-state index contributed by atoms with van der Waals surface area (Å²) < 4.78 is 5.65. The first-order chi connectivity index (χ1) is 8.29. The molecule has 3 N–H and O–H groups in total. The van der Waals surface area contributed by atoms with Crippen LogP contribution in [0.1, 0.15) is 30.4 Å². The largest absolute Gasteiger partial charge is 0.492 e. The van der Waals surface area contributed by atoms with Crippen LogP contribution in [0.3, 0.4) is 0 Å².